The number of hydrogen-bond donors (Lipinski definition) is 2. The van der Waals surface area contributed by atoms with Crippen LogP contribution >= 0.6 is 0 Å². The zero-order valence-corrected chi connectivity index (χ0v) is 14.3. The number of aryl methyl sites for hydroxylation is 2. The molecule has 2 rings (SSSR count). The average Bonchev–Trinajstić information content (AvgIpc) is 2.53. The number of nitrogens with zero attached hydrogens (tertiary/aromatic N) is 2. The summed E-state index contributed by atoms with van der Waals surface area (Å²) < 4.78 is 5.39. The lowest BCUT2D eigenvalue weighted by Crippen LogP contribution is -2.19. The van der Waals surface area contributed by atoms with E-state index in [0.29, 0.717) is 29.0 Å². The van der Waals surface area contributed by atoms with Crippen molar-refractivity contribution in [1.82, 2.24) is 9.97 Å². The summed E-state index contributed by atoms with van der Waals surface area (Å²) in [6, 6.07) is 8.53. The van der Waals surface area contributed by atoms with Gasteiger partial charge in [-0.2, -0.15) is 4.98 Å². The molecule has 0 amide bonds. The van der Waals surface area contributed by atoms with Gasteiger partial charge in [-0.1, -0.05) is 43.7 Å². The Kier molecular flexibility index (Phi) is 5.32. The molecule has 0 spiro atoms. The standard InChI is InChI=1S/C18H24N4O/c1-11(2)16(14-8-6-12(3)7-9-14)22-17-15(10-19)20-13(4)21-18(17)23-5/h6-11,16,19,22H,1-5H3. The first-order valence-corrected chi connectivity index (χ1v) is 7.72. The minimum absolute atomic E-state index is 0.0782. The normalized spacial score (nSPS) is 12.1. The van der Waals surface area contributed by atoms with E-state index in [2.05, 4.69) is 60.3 Å². The summed E-state index contributed by atoms with van der Waals surface area (Å²) in [4.78, 5) is 8.64. The van der Waals surface area contributed by atoms with Crippen LogP contribution in [0.15, 0.2) is 24.3 Å². The summed E-state index contributed by atoms with van der Waals surface area (Å²) in [5.41, 5.74) is 3.61. The maximum absolute atomic E-state index is 7.63. The highest BCUT2D eigenvalue weighted by molar-refractivity contribution is 5.85. The Balaban J connectivity index is 2.44. The minimum atomic E-state index is 0.0782. The molecule has 0 aliphatic heterocycles. The van der Waals surface area contributed by atoms with E-state index >= 15 is 0 Å². The third-order valence-electron chi connectivity index (χ3n) is 3.75. The molecule has 0 aliphatic rings. The van der Waals surface area contributed by atoms with Crippen LogP contribution in [0.3, 0.4) is 0 Å². The molecule has 0 saturated heterocycles. The number of methoxy groups -OCH3 is 1. The fourth-order valence-corrected chi connectivity index (χ4v) is 2.52. The van der Waals surface area contributed by atoms with Crippen LogP contribution in [0.2, 0.25) is 0 Å². The summed E-state index contributed by atoms with van der Waals surface area (Å²) in [5, 5.41) is 11.1. The number of ether oxygens (including phenoxy) is 1. The topological polar surface area (TPSA) is 70.9 Å². The van der Waals surface area contributed by atoms with Crippen molar-refractivity contribution in [3.05, 3.63) is 46.9 Å². The summed E-state index contributed by atoms with van der Waals surface area (Å²) >= 11 is 0. The Labute approximate surface area is 137 Å². The van der Waals surface area contributed by atoms with Gasteiger partial charge < -0.3 is 15.5 Å². The molecule has 2 aromatic rings. The second-order valence-corrected chi connectivity index (χ2v) is 5.96. The monoisotopic (exact) mass is 312 g/mol. The van der Waals surface area contributed by atoms with Gasteiger partial charge in [-0.05, 0) is 25.3 Å². The molecule has 0 aliphatic carbocycles. The van der Waals surface area contributed by atoms with Gasteiger partial charge >= 0.3 is 0 Å². The van der Waals surface area contributed by atoms with Gasteiger partial charge in [0.1, 0.15) is 17.2 Å². The van der Waals surface area contributed by atoms with Crippen molar-refractivity contribution >= 4 is 11.9 Å². The van der Waals surface area contributed by atoms with Crippen molar-refractivity contribution in [2.75, 3.05) is 12.4 Å². The predicted molar refractivity (Wildman–Crippen MR) is 93.6 cm³/mol. The maximum atomic E-state index is 7.63. The van der Waals surface area contributed by atoms with E-state index < -0.39 is 0 Å². The number of aromatic nitrogens is 2. The smallest absolute Gasteiger partial charge is 0.241 e. The van der Waals surface area contributed by atoms with Crippen molar-refractivity contribution in [1.29, 1.82) is 5.41 Å². The number of benzene rings is 1. The van der Waals surface area contributed by atoms with Crippen molar-refractivity contribution in [2.45, 2.75) is 33.7 Å². The quantitative estimate of drug-likeness (QED) is 0.793. The predicted octanol–water partition coefficient (Wildman–Crippen LogP) is 3.91. The summed E-state index contributed by atoms with van der Waals surface area (Å²) in [5.74, 6) is 1.40. The molecule has 1 aromatic heterocycles. The Morgan fingerprint density at radius 1 is 1.13 bits per heavy atom. The van der Waals surface area contributed by atoms with Gasteiger partial charge in [0.15, 0.2) is 0 Å². The molecule has 0 radical (unpaired) electrons. The fourth-order valence-electron chi connectivity index (χ4n) is 2.52. The van der Waals surface area contributed by atoms with Gasteiger partial charge in [0.25, 0.3) is 0 Å². The number of nitrogens with one attached hydrogen (secondary N) is 2. The third-order valence-corrected chi connectivity index (χ3v) is 3.75. The molecule has 0 bridgehead atoms. The molecule has 1 aromatic carbocycles. The van der Waals surface area contributed by atoms with Crippen molar-refractivity contribution in [2.24, 2.45) is 5.92 Å². The van der Waals surface area contributed by atoms with Gasteiger partial charge in [0, 0.05) is 6.21 Å². The van der Waals surface area contributed by atoms with Gasteiger partial charge in [-0.25, -0.2) is 4.98 Å². The molecule has 1 atom stereocenters. The molecular formula is C18H24N4O. The molecule has 23 heavy (non-hydrogen) atoms. The van der Waals surface area contributed by atoms with Gasteiger partial charge in [-0.15, -0.1) is 0 Å². The van der Waals surface area contributed by atoms with Crippen molar-refractivity contribution < 1.29 is 4.74 Å². The van der Waals surface area contributed by atoms with Crippen molar-refractivity contribution in [3.63, 3.8) is 0 Å². The highest BCUT2D eigenvalue weighted by Gasteiger charge is 2.21. The molecular weight excluding hydrogens is 288 g/mol. The minimum Gasteiger partial charge on any atom is -0.479 e. The summed E-state index contributed by atoms with van der Waals surface area (Å²) in [7, 11) is 1.58. The summed E-state index contributed by atoms with van der Waals surface area (Å²) in [6.45, 7) is 8.18. The first kappa shape index (κ1) is 16.9. The summed E-state index contributed by atoms with van der Waals surface area (Å²) in [6.07, 6.45) is 1.23. The Morgan fingerprint density at radius 3 is 2.30 bits per heavy atom. The third kappa shape index (κ3) is 3.86. The van der Waals surface area contributed by atoms with E-state index in [1.54, 1.807) is 14.0 Å². The first-order valence-electron chi connectivity index (χ1n) is 7.72. The van der Waals surface area contributed by atoms with Crippen LogP contribution in [0, 0.1) is 25.2 Å². The Bertz CT molecular complexity index is 680. The lowest BCUT2D eigenvalue weighted by molar-refractivity contribution is 0.396. The molecule has 122 valence electrons. The van der Waals surface area contributed by atoms with Gasteiger partial charge in [-0.3, -0.25) is 0 Å². The van der Waals surface area contributed by atoms with Crippen LogP contribution in [0.4, 0.5) is 5.69 Å². The van der Waals surface area contributed by atoms with Crippen LogP contribution < -0.4 is 10.1 Å². The number of hydrogen-bond acceptors (Lipinski definition) is 5. The zero-order chi connectivity index (χ0) is 17.0. The molecule has 1 unspecified atom stereocenters. The Morgan fingerprint density at radius 2 is 1.78 bits per heavy atom. The van der Waals surface area contributed by atoms with Crippen LogP contribution in [-0.2, 0) is 0 Å². The van der Waals surface area contributed by atoms with E-state index in [-0.39, 0.29) is 6.04 Å². The lowest BCUT2D eigenvalue weighted by atomic mass is 9.95. The van der Waals surface area contributed by atoms with Crippen LogP contribution in [0.25, 0.3) is 0 Å². The fraction of sp³-hybridized carbons (Fsp3) is 0.389. The molecule has 0 saturated carbocycles. The van der Waals surface area contributed by atoms with Crippen LogP contribution in [0.5, 0.6) is 5.88 Å². The Hall–Kier alpha value is -2.43. The highest BCUT2D eigenvalue weighted by Crippen LogP contribution is 2.32. The largest absolute Gasteiger partial charge is 0.479 e. The van der Waals surface area contributed by atoms with E-state index in [1.807, 2.05) is 0 Å². The number of rotatable bonds is 6. The molecule has 2 N–H and O–H groups in total. The highest BCUT2D eigenvalue weighted by atomic mass is 16.5. The van der Waals surface area contributed by atoms with E-state index in [0.717, 1.165) is 0 Å². The second-order valence-electron chi connectivity index (χ2n) is 5.96. The SMILES string of the molecule is COc1nc(C)nc(C=N)c1NC(c1ccc(C)cc1)C(C)C. The molecule has 0 fully saturated rings. The second kappa shape index (κ2) is 7.22. The lowest BCUT2D eigenvalue weighted by Gasteiger charge is -2.25. The van der Waals surface area contributed by atoms with E-state index in [4.69, 9.17) is 10.1 Å². The van der Waals surface area contributed by atoms with Crippen molar-refractivity contribution in [3.8, 4) is 5.88 Å². The van der Waals surface area contributed by atoms with Crippen LogP contribution in [0.1, 0.15) is 42.5 Å². The maximum Gasteiger partial charge on any atom is 0.241 e. The zero-order valence-electron chi connectivity index (χ0n) is 14.3. The van der Waals surface area contributed by atoms with Gasteiger partial charge in [0.05, 0.1) is 13.2 Å². The molecule has 1 heterocycles. The number of anilines is 1. The average molecular weight is 312 g/mol. The van der Waals surface area contributed by atoms with Crippen LogP contribution in [-0.4, -0.2) is 23.3 Å². The molecule has 5 heteroatoms. The van der Waals surface area contributed by atoms with E-state index in [1.165, 1.54) is 17.3 Å². The molecule has 5 nitrogen and oxygen atoms in total. The van der Waals surface area contributed by atoms with Gasteiger partial charge in [0.2, 0.25) is 5.88 Å². The first-order chi connectivity index (χ1) is 11.0. The van der Waals surface area contributed by atoms with E-state index in [9.17, 15) is 0 Å².